The molecule has 1 N–H and O–H groups in total. The van der Waals surface area contributed by atoms with Crippen LogP contribution in [0.15, 0.2) is 73.1 Å². The topological polar surface area (TPSA) is 42.7 Å². The van der Waals surface area contributed by atoms with E-state index in [9.17, 15) is 0 Å². The van der Waals surface area contributed by atoms with Gasteiger partial charge in [0.2, 0.25) is 0 Å². The van der Waals surface area contributed by atoms with Crippen LogP contribution >= 0.6 is 11.3 Å². The number of aromatic nitrogens is 3. The van der Waals surface area contributed by atoms with Gasteiger partial charge in [0.1, 0.15) is 5.01 Å². The first-order valence-electron chi connectivity index (χ1n) is 9.06. The summed E-state index contributed by atoms with van der Waals surface area (Å²) in [7, 11) is 0. The van der Waals surface area contributed by atoms with Crippen LogP contribution in [0.3, 0.4) is 0 Å². The van der Waals surface area contributed by atoms with Crippen LogP contribution in [0.4, 0.5) is 0 Å². The lowest BCUT2D eigenvalue weighted by molar-refractivity contribution is 0.575. The number of hydrogen-bond donors (Lipinski definition) is 1. The van der Waals surface area contributed by atoms with Crippen LogP contribution in [-0.4, -0.2) is 14.8 Å². The van der Waals surface area contributed by atoms with Crippen LogP contribution in [0, 0.1) is 6.92 Å². The largest absolute Gasteiger partial charge is 0.305 e. The van der Waals surface area contributed by atoms with Gasteiger partial charge in [0.25, 0.3) is 0 Å². The van der Waals surface area contributed by atoms with Gasteiger partial charge in [0.05, 0.1) is 11.9 Å². The van der Waals surface area contributed by atoms with Crippen LogP contribution in [0.2, 0.25) is 0 Å². The first-order chi connectivity index (χ1) is 13.2. The fraction of sp³-hybridized carbons (Fsp3) is 0.182. The van der Waals surface area contributed by atoms with Gasteiger partial charge in [-0.1, -0.05) is 48.5 Å². The number of benzene rings is 2. The molecule has 0 aliphatic carbocycles. The SMILES string of the molecule is Cc1c([C@@H](C)NCc2cnc(-c3ccccc3)s2)cnn1-c1ccccc1. The zero-order chi connectivity index (χ0) is 18.6. The highest BCUT2D eigenvalue weighted by atomic mass is 32.1. The molecule has 0 fully saturated rings. The molecule has 0 aliphatic heterocycles. The average molecular weight is 375 g/mol. The minimum absolute atomic E-state index is 0.213. The van der Waals surface area contributed by atoms with Gasteiger partial charge in [-0.25, -0.2) is 9.67 Å². The van der Waals surface area contributed by atoms with Crippen molar-refractivity contribution in [2.24, 2.45) is 0 Å². The molecule has 0 unspecified atom stereocenters. The minimum Gasteiger partial charge on any atom is -0.305 e. The highest BCUT2D eigenvalue weighted by Gasteiger charge is 2.14. The number of hydrogen-bond acceptors (Lipinski definition) is 4. The van der Waals surface area contributed by atoms with E-state index in [0.29, 0.717) is 0 Å². The molecule has 0 bridgehead atoms. The molecule has 4 aromatic rings. The van der Waals surface area contributed by atoms with Crippen LogP contribution in [0.1, 0.15) is 29.1 Å². The minimum atomic E-state index is 0.213. The van der Waals surface area contributed by atoms with Crippen molar-refractivity contribution in [1.29, 1.82) is 0 Å². The van der Waals surface area contributed by atoms with Gasteiger partial charge >= 0.3 is 0 Å². The Labute approximate surface area is 163 Å². The van der Waals surface area contributed by atoms with Gasteiger partial charge in [-0.2, -0.15) is 5.10 Å². The van der Waals surface area contributed by atoms with Crippen molar-refractivity contribution in [3.8, 4) is 16.3 Å². The van der Waals surface area contributed by atoms with E-state index in [0.717, 1.165) is 22.9 Å². The van der Waals surface area contributed by atoms with Crippen molar-refractivity contribution >= 4 is 11.3 Å². The number of nitrogens with one attached hydrogen (secondary N) is 1. The van der Waals surface area contributed by atoms with Crippen LogP contribution in [0.5, 0.6) is 0 Å². The van der Waals surface area contributed by atoms with Crippen molar-refractivity contribution in [3.05, 3.63) is 89.2 Å². The Morgan fingerprint density at radius 3 is 2.44 bits per heavy atom. The Bertz CT molecular complexity index is 1010. The molecule has 4 nitrogen and oxygen atoms in total. The summed E-state index contributed by atoms with van der Waals surface area (Å²) in [5.41, 5.74) is 4.63. The summed E-state index contributed by atoms with van der Waals surface area (Å²) in [6.45, 7) is 5.09. The summed E-state index contributed by atoms with van der Waals surface area (Å²) in [6.07, 6.45) is 3.93. The molecular weight excluding hydrogens is 352 g/mol. The summed E-state index contributed by atoms with van der Waals surface area (Å²) >= 11 is 1.73. The summed E-state index contributed by atoms with van der Waals surface area (Å²) in [5.74, 6) is 0. The van der Waals surface area contributed by atoms with E-state index in [1.807, 2.05) is 53.5 Å². The van der Waals surface area contributed by atoms with Crippen molar-refractivity contribution in [2.45, 2.75) is 26.4 Å². The molecule has 4 rings (SSSR count). The Hall–Kier alpha value is -2.76. The smallest absolute Gasteiger partial charge is 0.123 e. The second-order valence-corrected chi connectivity index (χ2v) is 7.65. The number of rotatable bonds is 6. The second kappa shape index (κ2) is 7.86. The molecule has 0 spiro atoms. The molecule has 1 atom stereocenters. The normalized spacial score (nSPS) is 12.2. The molecule has 2 aromatic carbocycles. The molecule has 2 aromatic heterocycles. The van der Waals surface area contributed by atoms with Crippen LogP contribution in [0.25, 0.3) is 16.3 Å². The first-order valence-corrected chi connectivity index (χ1v) is 9.87. The standard InChI is InChI=1S/C22H22N4S/c1-16(21-15-25-26(17(21)2)19-11-7-4-8-12-19)23-13-20-14-24-22(27-20)18-9-5-3-6-10-18/h3-12,14-16,23H,13H2,1-2H3/t16-/m1/s1. The maximum Gasteiger partial charge on any atom is 0.123 e. The zero-order valence-corrected chi connectivity index (χ0v) is 16.3. The monoisotopic (exact) mass is 374 g/mol. The van der Waals surface area contributed by atoms with E-state index >= 15 is 0 Å². The summed E-state index contributed by atoms with van der Waals surface area (Å²) in [5, 5.41) is 9.24. The van der Waals surface area contributed by atoms with E-state index in [4.69, 9.17) is 0 Å². The molecule has 0 amide bonds. The van der Waals surface area contributed by atoms with Gasteiger partial charge in [-0.05, 0) is 26.0 Å². The molecule has 5 heteroatoms. The van der Waals surface area contributed by atoms with Crippen molar-refractivity contribution in [3.63, 3.8) is 0 Å². The predicted molar refractivity (Wildman–Crippen MR) is 111 cm³/mol. The molecule has 0 aliphatic rings. The van der Waals surface area contributed by atoms with E-state index < -0.39 is 0 Å². The van der Waals surface area contributed by atoms with Crippen LogP contribution in [-0.2, 0) is 6.54 Å². The van der Waals surface area contributed by atoms with E-state index in [2.05, 4.69) is 53.5 Å². The molecule has 136 valence electrons. The highest BCUT2D eigenvalue weighted by molar-refractivity contribution is 7.15. The van der Waals surface area contributed by atoms with Crippen molar-refractivity contribution in [1.82, 2.24) is 20.1 Å². The van der Waals surface area contributed by atoms with E-state index in [-0.39, 0.29) is 6.04 Å². The second-order valence-electron chi connectivity index (χ2n) is 6.53. The molecule has 0 saturated carbocycles. The summed E-state index contributed by atoms with van der Waals surface area (Å²) in [6, 6.07) is 20.8. The third-order valence-electron chi connectivity index (χ3n) is 4.67. The Morgan fingerprint density at radius 2 is 1.70 bits per heavy atom. The fourth-order valence-electron chi connectivity index (χ4n) is 3.14. The molecular formula is C22H22N4S. The van der Waals surface area contributed by atoms with E-state index in [1.54, 1.807) is 11.3 Å². The maximum absolute atomic E-state index is 4.57. The van der Waals surface area contributed by atoms with Crippen molar-refractivity contribution in [2.75, 3.05) is 0 Å². The lowest BCUT2D eigenvalue weighted by Crippen LogP contribution is -2.18. The highest BCUT2D eigenvalue weighted by Crippen LogP contribution is 2.26. The van der Waals surface area contributed by atoms with Crippen molar-refractivity contribution < 1.29 is 0 Å². The molecule has 0 saturated heterocycles. The van der Waals surface area contributed by atoms with Gasteiger partial charge in [0.15, 0.2) is 0 Å². The van der Waals surface area contributed by atoms with Crippen LogP contribution < -0.4 is 5.32 Å². The quantitative estimate of drug-likeness (QED) is 0.507. The first kappa shape index (κ1) is 17.6. The zero-order valence-electron chi connectivity index (χ0n) is 15.5. The summed E-state index contributed by atoms with van der Waals surface area (Å²) in [4.78, 5) is 5.79. The lowest BCUT2D eigenvalue weighted by Gasteiger charge is -2.13. The molecule has 27 heavy (non-hydrogen) atoms. The van der Waals surface area contributed by atoms with Gasteiger partial charge in [-0.15, -0.1) is 11.3 Å². The van der Waals surface area contributed by atoms with Gasteiger partial charge in [-0.3, -0.25) is 0 Å². The maximum atomic E-state index is 4.57. The number of para-hydroxylation sites is 1. The predicted octanol–water partition coefficient (Wildman–Crippen LogP) is 5.16. The molecule has 2 heterocycles. The third-order valence-corrected chi connectivity index (χ3v) is 5.72. The van der Waals surface area contributed by atoms with Gasteiger partial charge in [0, 0.05) is 40.5 Å². The number of nitrogens with zero attached hydrogens (tertiary/aromatic N) is 3. The Kier molecular flexibility index (Phi) is 5.14. The molecule has 0 radical (unpaired) electrons. The van der Waals surface area contributed by atoms with E-state index in [1.165, 1.54) is 16.0 Å². The average Bonchev–Trinajstić information content (AvgIpc) is 3.34. The number of thiazole rings is 1. The third kappa shape index (κ3) is 3.84. The summed E-state index contributed by atoms with van der Waals surface area (Å²) < 4.78 is 1.99. The Balaban J connectivity index is 1.44. The van der Waals surface area contributed by atoms with Gasteiger partial charge < -0.3 is 5.32 Å². The lowest BCUT2D eigenvalue weighted by atomic mass is 10.1. The Morgan fingerprint density at radius 1 is 1.00 bits per heavy atom. The fourth-order valence-corrected chi connectivity index (χ4v) is 4.01.